The van der Waals surface area contributed by atoms with Gasteiger partial charge in [-0.05, 0) is 50.5 Å². The maximum absolute atomic E-state index is 13.1. The van der Waals surface area contributed by atoms with Crippen LogP contribution in [0.25, 0.3) is 10.9 Å². The number of carbonyl (C=O) groups is 1. The fourth-order valence-corrected chi connectivity index (χ4v) is 5.43. The minimum atomic E-state index is -0.475. The SMILES string of the molecule is CSCCN1C2CCC1CC(OC(=O)c1cc3ccccc3n(C(C)C)c1=O)C2. The molecule has 0 saturated carbocycles. The highest BCUT2D eigenvalue weighted by atomic mass is 32.2. The molecule has 0 radical (unpaired) electrons. The van der Waals surface area contributed by atoms with Gasteiger partial charge in [0, 0.05) is 43.3 Å². The summed E-state index contributed by atoms with van der Waals surface area (Å²) in [6.07, 6.45) is 6.17. The van der Waals surface area contributed by atoms with E-state index in [0.29, 0.717) is 12.1 Å². The number of hydrogen-bond donors (Lipinski definition) is 0. The van der Waals surface area contributed by atoms with Crippen molar-refractivity contribution in [2.24, 2.45) is 0 Å². The number of esters is 1. The number of carbonyl (C=O) groups excluding carboxylic acids is 1. The van der Waals surface area contributed by atoms with Crippen molar-refractivity contribution in [3.63, 3.8) is 0 Å². The minimum absolute atomic E-state index is 0.0318. The van der Waals surface area contributed by atoms with Gasteiger partial charge in [-0.2, -0.15) is 11.8 Å². The predicted octanol–water partition coefficient (Wildman–Crippen LogP) is 4.10. The molecule has 2 saturated heterocycles. The fourth-order valence-electron chi connectivity index (χ4n) is 5.04. The molecule has 5 nitrogen and oxygen atoms in total. The van der Waals surface area contributed by atoms with E-state index in [4.69, 9.17) is 4.74 Å². The molecule has 2 bridgehead atoms. The van der Waals surface area contributed by atoms with E-state index >= 15 is 0 Å². The van der Waals surface area contributed by atoms with Gasteiger partial charge in [0.25, 0.3) is 5.56 Å². The van der Waals surface area contributed by atoms with Crippen molar-refractivity contribution in [2.75, 3.05) is 18.6 Å². The van der Waals surface area contributed by atoms with Crippen molar-refractivity contribution >= 4 is 28.6 Å². The first-order chi connectivity index (χ1) is 14.0. The van der Waals surface area contributed by atoms with Crippen LogP contribution in [0.2, 0.25) is 0 Å². The van der Waals surface area contributed by atoms with E-state index in [2.05, 4.69) is 11.2 Å². The van der Waals surface area contributed by atoms with Gasteiger partial charge in [-0.15, -0.1) is 0 Å². The Morgan fingerprint density at radius 1 is 1.21 bits per heavy atom. The second-order valence-corrected chi connectivity index (χ2v) is 9.49. The van der Waals surface area contributed by atoms with Crippen molar-refractivity contribution in [3.05, 3.63) is 46.2 Å². The predicted molar refractivity (Wildman–Crippen MR) is 119 cm³/mol. The van der Waals surface area contributed by atoms with E-state index in [1.807, 2.05) is 49.9 Å². The Balaban J connectivity index is 1.55. The molecule has 0 spiro atoms. The Morgan fingerprint density at radius 3 is 2.55 bits per heavy atom. The van der Waals surface area contributed by atoms with Crippen LogP contribution in [0.3, 0.4) is 0 Å². The molecule has 6 heteroatoms. The molecule has 29 heavy (non-hydrogen) atoms. The van der Waals surface area contributed by atoms with E-state index in [1.165, 1.54) is 12.8 Å². The van der Waals surface area contributed by atoms with Crippen LogP contribution >= 0.6 is 11.8 Å². The number of fused-ring (bicyclic) bond motifs is 3. The number of piperidine rings is 1. The summed E-state index contributed by atoms with van der Waals surface area (Å²) in [5.41, 5.74) is 0.739. The van der Waals surface area contributed by atoms with Gasteiger partial charge in [-0.1, -0.05) is 18.2 Å². The van der Waals surface area contributed by atoms with Crippen molar-refractivity contribution < 1.29 is 9.53 Å². The summed E-state index contributed by atoms with van der Waals surface area (Å²) in [5.74, 6) is 0.667. The zero-order valence-corrected chi connectivity index (χ0v) is 18.3. The Bertz CT molecular complexity index is 941. The molecule has 3 heterocycles. The molecule has 2 atom stereocenters. The summed E-state index contributed by atoms with van der Waals surface area (Å²) in [6.45, 7) is 5.04. The molecule has 4 rings (SSSR count). The zero-order valence-electron chi connectivity index (χ0n) is 17.5. The normalized spacial score (nSPS) is 24.3. The number of rotatable bonds is 6. The highest BCUT2D eigenvalue weighted by Crippen LogP contribution is 2.37. The molecule has 2 aliphatic heterocycles. The summed E-state index contributed by atoms with van der Waals surface area (Å²) in [4.78, 5) is 28.7. The molecule has 2 unspecified atom stereocenters. The van der Waals surface area contributed by atoms with Crippen LogP contribution in [-0.2, 0) is 4.74 Å². The monoisotopic (exact) mass is 414 g/mol. The first-order valence-corrected chi connectivity index (χ1v) is 12.0. The second kappa shape index (κ2) is 8.52. The lowest BCUT2D eigenvalue weighted by Crippen LogP contribution is -2.47. The Kier molecular flexibility index (Phi) is 6.02. The molecule has 1 aromatic heterocycles. The smallest absolute Gasteiger partial charge is 0.344 e. The van der Waals surface area contributed by atoms with Crippen LogP contribution in [0.4, 0.5) is 0 Å². The number of nitrogens with zero attached hydrogens (tertiary/aromatic N) is 2. The Labute approximate surface area is 176 Å². The van der Waals surface area contributed by atoms with E-state index < -0.39 is 5.97 Å². The van der Waals surface area contributed by atoms with Gasteiger partial charge in [0.2, 0.25) is 0 Å². The third-order valence-electron chi connectivity index (χ3n) is 6.35. The van der Waals surface area contributed by atoms with Crippen molar-refractivity contribution in [1.29, 1.82) is 0 Å². The van der Waals surface area contributed by atoms with Crippen LogP contribution in [-0.4, -0.2) is 52.2 Å². The maximum Gasteiger partial charge on any atom is 0.344 e. The van der Waals surface area contributed by atoms with Gasteiger partial charge < -0.3 is 9.30 Å². The van der Waals surface area contributed by atoms with Crippen molar-refractivity contribution in [3.8, 4) is 0 Å². The van der Waals surface area contributed by atoms with Crippen LogP contribution in [0, 0.1) is 0 Å². The number of para-hydroxylation sites is 1. The van der Waals surface area contributed by atoms with E-state index in [-0.39, 0.29) is 23.3 Å². The summed E-state index contributed by atoms with van der Waals surface area (Å²) in [5, 5.41) is 0.889. The Hall–Kier alpha value is -1.79. The first-order valence-electron chi connectivity index (χ1n) is 10.6. The molecule has 0 amide bonds. The lowest BCUT2D eigenvalue weighted by molar-refractivity contribution is -0.00473. The second-order valence-electron chi connectivity index (χ2n) is 8.50. The molecule has 1 aromatic carbocycles. The molecule has 2 fully saturated rings. The van der Waals surface area contributed by atoms with E-state index in [1.54, 1.807) is 10.6 Å². The summed E-state index contributed by atoms with van der Waals surface area (Å²) in [7, 11) is 0. The number of thioether (sulfide) groups is 1. The number of pyridine rings is 1. The van der Waals surface area contributed by atoms with Crippen molar-refractivity contribution in [1.82, 2.24) is 9.47 Å². The van der Waals surface area contributed by atoms with Crippen LogP contribution in [0.15, 0.2) is 35.1 Å². The standard InChI is InChI=1S/C23H30N2O3S/c1-15(2)25-21-7-5-4-6-16(21)12-20(22(25)26)23(27)28-19-13-17-8-9-18(14-19)24(17)10-11-29-3/h4-7,12,15,17-19H,8-11,13-14H2,1-3H3. The number of aromatic nitrogens is 1. The minimum Gasteiger partial charge on any atom is -0.459 e. The van der Waals surface area contributed by atoms with Gasteiger partial charge in [0.1, 0.15) is 11.7 Å². The average molecular weight is 415 g/mol. The average Bonchev–Trinajstić information content (AvgIpc) is 2.93. The highest BCUT2D eigenvalue weighted by Gasteiger charge is 2.41. The first kappa shape index (κ1) is 20.5. The largest absolute Gasteiger partial charge is 0.459 e. The molecule has 2 aromatic rings. The van der Waals surface area contributed by atoms with Gasteiger partial charge in [0.15, 0.2) is 0 Å². The molecule has 156 valence electrons. The number of benzene rings is 1. The van der Waals surface area contributed by atoms with E-state index in [0.717, 1.165) is 36.0 Å². The highest BCUT2D eigenvalue weighted by molar-refractivity contribution is 7.98. The molecular formula is C23H30N2O3S. The molecule has 0 N–H and O–H groups in total. The molecular weight excluding hydrogens is 384 g/mol. The van der Waals surface area contributed by atoms with Gasteiger partial charge in [-0.3, -0.25) is 9.69 Å². The quantitative estimate of drug-likeness (QED) is 0.666. The Morgan fingerprint density at radius 2 is 1.90 bits per heavy atom. The molecule has 0 aliphatic carbocycles. The third-order valence-corrected chi connectivity index (χ3v) is 6.94. The summed E-state index contributed by atoms with van der Waals surface area (Å²) in [6, 6.07) is 10.4. The topological polar surface area (TPSA) is 51.5 Å². The van der Waals surface area contributed by atoms with Gasteiger partial charge in [-0.25, -0.2) is 4.79 Å². The fraction of sp³-hybridized carbons (Fsp3) is 0.565. The number of ether oxygens (including phenoxy) is 1. The van der Waals surface area contributed by atoms with Gasteiger partial charge >= 0.3 is 5.97 Å². The lowest BCUT2D eigenvalue weighted by atomic mass is 9.99. The maximum atomic E-state index is 13.1. The zero-order chi connectivity index (χ0) is 20.5. The van der Waals surface area contributed by atoms with Crippen LogP contribution in [0.1, 0.15) is 55.9 Å². The van der Waals surface area contributed by atoms with Gasteiger partial charge in [0.05, 0.1) is 5.52 Å². The molecule has 2 aliphatic rings. The summed E-state index contributed by atoms with van der Waals surface area (Å²) < 4.78 is 7.59. The number of hydrogen-bond acceptors (Lipinski definition) is 5. The third kappa shape index (κ3) is 3.97. The van der Waals surface area contributed by atoms with Crippen LogP contribution < -0.4 is 5.56 Å². The van der Waals surface area contributed by atoms with E-state index in [9.17, 15) is 9.59 Å². The lowest BCUT2D eigenvalue weighted by Gasteiger charge is -2.38. The van der Waals surface area contributed by atoms with Crippen molar-refractivity contribution in [2.45, 2.75) is 63.8 Å². The summed E-state index contributed by atoms with van der Waals surface area (Å²) >= 11 is 1.88. The van der Waals surface area contributed by atoms with Crippen LogP contribution in [0.5, 0.6) is 0 Å².